The summed E-state index contributed by atoms with van der Waals surface area (Å²) in [7, 11) is 0. The van der Waals surface area contributed by atoms with Crippen LogP contribution in [0.3, 0.4) is 0 Å². The summed E-state index contributed by atoms with van der Waals surface area (Å²) in [6, 6.07) is 0. The molecule has 0 atom stereocenters. The molecule has 0 amide bonds. The molecule has 2 aromatic rings. The summed E-state index contributed by atoms with van der Waals surface area (Å²) < 4.78 is 5.28. The monoisotopic (exact) mass is 464 g/mol. The van der Waals surface area contributed by atoms with Crippen molar-refractivity contribution in [2.45, 2.75) is 46.5 Å². The highest BCUT2D eigenvalue weighted by Crippen LogP contribution is 2.38. The number of nitrogens with one attached hydrogen (secondary N) is 5. The van der Waals surface area contributed by atoms with Crippen LogP contribution in [0.15, 0.2) is 0 Å². The number of anilines is 4. The molecule has 2 heterocycles. The van der Waals surface area contributed by atoms with Crippen LogP contribution >= 0.6 is 23.6 Å². The number of carbonyl (C=O) groups is 1. The summed E-state index contributed by atoms with van der Waals surface area (Å²) in [5.41, 5.74) is 7.44. The van der Waals surface area contributed by atoms with Crippen LogP contribution in [0.4, 0.5) is 22.8 Å². The van der Waals surface area contributed by atoms with Gasteiger partial charge in [0.1, 0.15) is 5.00 Å². The maximum absolute atomic E-state index is 12.6. The zero-order valence-electron chi connectivity index (χ0n) is 17.9. The third-order valence-electron chi connectivity index (χ3n) is 4.47. The molecule has 0 fully saturated rings. The molecule has 0 saturated heterocycles. The number of esters is 1. The second-order valence-corrected chi connectivity index (χ2v) is 8.22. The van der Waals surface area contributed by atoms with Crippen molar-refractivity contribution in [1.29, 1.82) is 0 Å². The van der Waals surface area contributed by atoms with Gasteiger partial charge >= 0.3 is 5.97 Å². The molecule has 0 aliphatic heterocycles. The lowest BCUT2D eigenvalue weighted by Gasteiger charge is -2.14. The third kappa shape index (κ3) is 5.91. The Kier molecular flexibility index (Phi) is 8.18. The first kappa shape index (κ1) is 22.9. The lowest BCUT2D eigenvalue weighted by Crippen LogP contribution is -2.34. The molecule has 10 nitrogen and oxygen atoms in total. The zero-order valence-corrected chi connectivity index (χ0v) is 19.6. The van der Waals surface area contributed by atoms with Crippen LogP contribution in [0, 0.1) is 0 Å². The average Bonchev–Trinajstić information content (AvgIpc) is 3.10. The molecule has 0 unspecified atom stereocenters. The number of rotatable bonds is 9. The van der Waals surface area contributed by atoms with E-state index in [-0.39, 0.29) is 5.97 Å². The number of thiophene rings is 1. The number of hydrazine groups is 1. The molecule has 31 heavy (non-hydrogen) atoms. The Labute approximate surface area is 191 Å². The summed E-state index contributed by atoms with van der Waals surface area (Å²) in [5, 5.41) is 10.2. The van der Waals surface area contributed by atoms with Crippen molar-refractivity contribution in [3.63, 3.8) is 0 Å². The van der Waals surface area contributed by atoms with Gasteiger partial charge in [-0.05, 0) is 64.2 Å². The fourth-order valence-corrected chi connectivity index (χ4v) is 4.73. The molecule has 12 heteroatoms. The molecule has 0 bridgehead atoms. The number of fused-ring (bicyclic) bond motifs is 1. The van der Waals surface area contributed by atoms with E-state index in [1.807, 2.05) is 13.8 Å². The smallest absolute Gasteiger partial charge is 0.341 e. The van der Waals surface area contributed by atoms with E-state index in [1.54, 1.807) is 18.3 Å². The molecule has 5 N–H and O–H groups in total. The normalized spacial score (nSPS) is 12.5. The lowest BCUT2D eigenvalue weighted by atomic mass is 9.95. The summed E-state index contributed by atoms with van der Waals surface area (Å²) in [6.45, 7) is 7.42. The Hall–Kier alpha value is -2.73. The second-order valence-electron chi connectivity index (χ2n) is 6.71. The van der Waals surface area contributed by atoms with Gasteiger partial charge in [0.2, 0.25) is 17.8 Å². The van der Waals surface area contributed by atoms with Crippen LogP contribution in [0.2, 0.25) is 0 Å². The van der Waals surface area contributed by atoms with E-state index in [9.17, 15) is 4.79 Å². The molecule has 1 aliphatic carbocycles. The first-order valence-corrected chi connectivity index (χ1v) is 11.7. The van der Waals surface area contributed by atoms with Gasteiger partial charge in [0.25, 0.3) is 0 Å². The van der Waals surface area contributed by atoms with Gasteiger partial charge in [-0.3, -0.25) is 10.9 Å². The minimum Gasteiger partial charge on any atom is -0.462 e. The molecule has 3 rings (SSSR count). The molecule has 1 aliphatic rings. The topological polar surface area (TPSA) is 125 Å². The summed E-state index contributed by atoms with van der Waals surface area (Å²) in [4.78, 5) is 26.7. The van der Waals surface area contributed by atoms with Gasteiger partial charge < -0.3 is 20.7 Å². The highest BCUT2D eigenvalue weighted by molar-refractivity contribution is 7.80. The van der Waals surface area contributed by atoms with Gasteiger partial charge in [0.05, 0.1) is 12.2 Å². The van der Waals surface area contributed by atoms with Crippen molar-refractivity contribution in [1.82, 2.24) is 20.4 Å². The minimum atomic E-state index is -0.316. The molecule has 0 aromatic carbocycles. The van der Waals surface area contributed by atoms with E-state index >= 15 is 0 Å². The SMILES string of the molecule is CCNc1nc(NCC)nc(NNC(=S)Nc2sc3c(c2C(=O)OCC)CCCC3)n1. The van der Waals surface area contributed by atoms with Crippen molar-refractivity contribution in [3.05, 3.63) is 16.0 Å². The highest BCUT2D eigenvalue weighted by Gasteiger charge is 2.26. The van der Waals surface area contributed by atoms with E-state index < -0.39 is 0 Å². The van der Waals surface area contributed by atoms with Crippen LogP contribution in [0.1, 0.15) is 54.4 Å². The number of ether oxygens (including phenoxy) is 1. The number of carbonyl (C=O) groups excluding carboxylic acids is 1. The highest BCUT2D eigenvalue weighted by atomic mass is 32.1. The predicted molar refractivity (Wildman–Crippen MR) is 128 cm³/mol. The van der Waals surface area contributed by atoms with Crippen LogP contribution in [-0.4, -0.2) is 45.7 Å². The van der Waals surface area contributed by atoms with Crippen molar-refractivity contribution in [2.75, 3.05) is 41.1 Å². The number of hydrogen-bond donors (Lipinski definition) is 5. The molecule has 0 radical (unpaired) electrons. The van der Waals surface area contributed by atoms with Crippen molar-refractivity contribution in [2.24, 2.45) is 0 Å². The Balaban J connectivity index is 1.71. The number of thiocarbonyl (C=S) groups is 1. The fraction of sp³-hybridized carbons (Fsp3) is 0.526. The predicted octanol–water partition coefficient (Wildman–Crippen LogP) is 3.17. The molecular weight excluding hydrogens is 436 g/mol. The van der Waals surface area contributed by atoms with Crippen molar-refractivity contribution in [3.8, 4) is 0 Å². The summed E-state index contributed by atoms with van der Waals surface area (Å²) in [6.07, 6.45) is 4.05. The number of aryl methyl sites for hydroxylation is 1. The molecule has 2 aromatic heterocycles. The van der Waals surface area contributed by atoms with E-state index in [1.165, 1.54) is 4.88 Å². The van der Waals surface area contributed by atoms with Crippen LogP contribution < -0.4 is 26.8 Å². The second kappa shape index (κ2) is 11.0. The Bertz CT molecular complexity index is 910. The van der Waals surface area contributed by atoms with Crippen LogP contribution in [0.5, 0.6) is 0 Å². The Morgan fingerprint density at radius 1 is 1.03 bits per heavy atom. The largest absolute Gasteiger partial charge is 0.462 e. The quantitative estimate of drug-likeness (QED) is 0.213. The number of nitrogens with zero attached hydrogens (tertiary/aromatic N) is 3. The summed E-state index contributed by atoms with van der Waals surface area (Å²) >= 11 is 6.98. The maximum Gasteiger partial charge on any atom is 0.341 e. The molecule has 168 valence electrons. The zero-order chi connectivity index (χ0) is 22.2. The van der Waals surface area contributed by atoms with Crippen molar-refractivity contribution < 1.29 is 9.53 Å². The van der Waals surface area contributed by atoms with E-state index in [4.69, 9.17) is 17.0 Å². The van der Waals surface area contributed by atoms with Crippen LogP contribution in [-0.2, 0) is 17.6 Å². The fourth-order valence-electron chi connectivity index (χ4n) is 3.23. The van der Waals surface area contributed by atoms with Gasteiger partial charge in [-0.2, -0.15) is 15.0 Å². The van der Waals surface area contributed by atoms with E-state index in [2.05, 4.69) is 41.8 Å². The Morgan fingerprint density at radius 3 is 2.32 bits per heavy atom. The van der Waals surface area contributed by atoms with Gasteiger partial charge in [0.15, 0.2) is 5.11 Å². The minimum absolute atomic E-state index is 0.291. The molecule has 0 saturated carbocycles. The lowest BCUT2D eigenvalue weighted by molar-refractivity contribution is 0.0526. The average molecular weight is 465 g/mol. The van der Waals surface area contributed by atoms with Gasteiger partial charge in [0, 0.05) is 18.0 Å². The van der Waals surface area contributed by atoms with Gasteiger partial charge in [-0.15, -0.1) is 11.3 Å². The molecule has 0 spiro atoms. The maximum atomic E-state index is 12.6. The van der Waals surface area contributed by atoms with Gasteiger partial charge in [-0.25, -0.2) is 4.79 Å². The first-order chi connectivity index (χ1) is 15.0. The number of hydrogen-bond acceptors (Lipinski definition) is 10. The molecular formula is C19H28N8O2S2. The first-order valence-electron chi connectivity index (χ1n) is 10.4. The summed E-state index contributed by atoms with van der Waals surface area (Å²) in [5.74, 6) is 0.893. The standard InChI is InChI=1S/C19H28N8O2S2/c1-4-20-16-23-17(21-5-2)25-18(24-16)26-27-19(30)22-14-13(15(28)29-6-3)11-9-7-8-10-12(11)31-14/h4-10H2,1-3H3,(H2,22,27,30)(H3,20,21,23,24,25,26). The van der Waals surface area contributed by atoms with Gasteiger partial charge in [-0.1, -0.05) is 0 Å². The number of aromatic nitrogens is 3. The van der Waals surface area contributed by atoms with E-state index in [0.29, 0.717) is 53.2 Å². The van der Waals surface area contributed by atoms with E-state index in [0.717, 1.165) is 31.2 Å². The van der Waals surface area contributed by atoms with Crippen molar-refractivity contribution >= 4 is 57.5 Å². The Morgan fingerprint density at radius 2 is 1.68 bits per heavy atom. The van der Waals surface area contributed by atoms with Crippen LogP contribution in [0.25, 0.3) is 0 Å². The third-order valence-corrected chi connectivity index (χ3v) is 5.88.